The van der Waals surface area contributed by atoms with E-state index in [1.807, 2.05) is 24.0 Å². The number of rotatable bonds is 4. The zero-order valence-corrected chi connectivity index (χ0v) is 11.5. The van der Waals surface area contributed by atoms with Gasteiger partial charge in [0, 0.05) is 26.2 Å². The van der Waals surface area contributed by atoms with Gasteiger partial charge in [-0.25, -0.2) is 4.39 Å². The second kappa shape index (κ2) is 6.17. The standard InChI is InChI=1S/C15H21FN2O/c1-11(17)13-3-4-15(14(16)9-13)18-7-5-12(6-8-18)10-19-2/h3-5,9,11H,6-8,10,17H2,1-2H3/t11-/m0/s1. The van der Waals surface area contributed by atoms with Crippen molar-refractivity contribution >= 4 is 5.69 Å². The number of nitrogens with zero attached hydrogens (tertiary/aromatic N) is 1. The summed E-state index contributed by atoms with van der Waals surface area (Å²) in [5.74, 6) is -0.196. The van der Waals surface area contributed by atoms with Crippen molar-refractivity contribution in [3.05, 3.63) is 41.2 Å². The Balaban J connectivity index is 2.11. The fourth-order valence-corrected chi connectivity index (χ4v) is 2.31. The van der Waals surface area contributed by atoms with Crippen molar-refractivity contribution in [1.82, 2.24) is 0 Å². The molecule has 1 heterocycles. The summed E-state index contributed by atoms with van der Waals surface area (Å²) < 4.78 is 19.2. The first-order valence-corrected chi connectivity index (χ1v) is 6.58. The van der Waals surface area contributed by atoms with Gasteiger partial charge in [0.25, 0.3) is 0 Å². The van der Waals surface area contributed by atoms with Gasteiger partial charge in [0.15, 0.2) is 0 Å². The fourth-order valence-electron chi connectivity index (χ4n) is 2.31. The summed E-state index contributed by atoms with van der Waals surface area (Å²) in [6.45, 7) is 4.08. The molecule has 4 heteroatoms. The van der Waals surface area contributed by atoms with Crippen LogP contribution in [0.15, 0.2) is 29.8 Å². The Kier molecular flexibility index (Phi) is 4.56. The summed E-state index contributed by atoms with van der Waals surface area (Å²) in [6.07, 6.45) is 3.04. The molecule has 0 saturated carbocycles. The van der Waals surface area contributed by atoms with Gasteiger partial charge in [-0.15, -0.1) is 0 Å². The number of ether oxygens (including phenoxy) is 1. The van der Waals surface area contributed by atoms with Crippen molar-refractivity contribution in [2.24, 2.45) is 5.73 Å². The third-order valence-corrected chi connectivity index (χ3v) is 3.47. The van der Waals surface area contributed by atoms with E-state index in [9.17, 15) is 4.39 Å². The maximum Gasteiger partial charge on any atom is 0.146 e. The Morgan fingerprint density at radius 2 is 2.26 bits per heavy atom. The molecule has 1 aliphatic heterocycles. The molecule has 104 valence electrons. The Labute approximate surface area is 113 Å². The van der Waals surface area contributed by atoms with Crippen molar-refractivity contribution in [2.75, 3.05) is 31.7 Å². The maximum absolute atomic E-state index is 14.1. The molecule has 0 spiro atoms. The SMILES string of the molecule is COCC1=CCN(c2ccc([C@H](C)N)cc2F)CC1. The summed E-state index contributed by atoms with van der Waals surface area (Å²) in [5, 5.41) is 0. The predicted molar refractivity (Wildman–Crippen MR) is 75.8 cm³/mol. The molecule has 19 heavy (non-hydrogen) atoms. The lowest BCUT2D eigenvalue weighted by molar-refractivity contribution is 0.222. The predicted octanol–water partition coefficient (Wildman–Crippen LogP) is 2.63. The highest BCUT2D eigenvalue weighted by Gasteiger charge is 2.16. The Morgan fingerprint density at radius 1 is 1.47 bits per heavy atom. The normalized spacial score (nSPS) is 17.3. The Hall–Kier alpha value is -1.39. The highest BCUT2D eigenvalue weighted by atomic mass is 19.1. The van der Waals surface area contributed by atoms with Crippen LogP contribution in [-0.4, -0.2) is 26.8 Å². The van der Waals surface area contributed by atoms with Crippen LogP contribution >= 0.6 is 0 Å². The van der Waals surface area contributed by atoms with Gasteiger partial charge in [0.2, 0.25) is 0 Å². The molecule has 3 nitrogen and oxygen atoms in total. The molecular formula is C15H21FN2O. The van der Waals surface area contributed by atoms with Crippen molar-refractivity contribution in [1.29, 1.82) is 0 Å². The van der Waals surface area contributed by atoms with Gasteiger partial charge in [-0.2, -0.15) is 0 Å². The van der Waals surface area contributed by atoms with Crippen LogP contribution in [0.25, 0.3) is 0 Å². The molecule has 2 rings (SSSR count). The molecule has 1 aromatic carbocycles. The molecule has 0 saturated heterocycles. The van der Waals surface area contributed by atoms with Gasteiger partial charge in [0.05, 0.1) is 12.3 Å². The number of hydrogen-bond donors (Lipinski definition) is 1. The minimum atomic E-state index is -0.196. The smallest absolute Gasteiger partial charge is 0.146 e. The van der Waals surface area contributed by atoms with Crippen molar-refractivity contribution in [2.45, 2.75) is 19.4 Å². The molecular weight excluding hydrogens is 243 g/mol. The molecule has 1 atom stereocenters. The van der Waals surface area contributed by atoms with Crippen LogP contribution in [-0.2, 0) is 4.74 Å². The topological polar surface area (TPSA) is 38.5 Å². The van der Waals surface area contributed by atoms with Gasteiger partial charge >= 0.3 is 0 Å². The van der Waals surface area contributed by atoms with E-state index in [4.69, 9.17) is 10.5 Å². The molecule has 1 aliphatic rings. The Morgan fingerprint density at radius 3 is 2.79 bits per heavy atom. The van der Waals surface area contributed by atoms with Gasteiger partial charge < -0.3 is 15.4 Å². The van der Waals surface area contributed by atoms with Crippen LogP contribution in [0.4, 0.5) is 10.1 Å². The average molecular weight is 264 g/mol. The van der Waals surface area contributed by atoms with E-state index in [1.165, 1.54) is 11.6 Å². The third-order valence-electron chi connectivity index (χ3n) is 3.47. The third kappa shape index (κ3) is 3.33. The quantitative estimate of drug-likeness (QED) is 0.850. The number of benzene rings is 1. The lowest BCUT2D eigenvalue weighted by Gasteiger charge is -2.29. The van der Waals surface area contributed by atoms with Crippen LogP contribution in [0, 0.1) is 5.82 Å². The van der Waals surface area contributed by atoms with E-state index in [0.29, 0.717) is 12.3 Å². The summed E-state index contributed by atoms with van der Waals surface area (Å²) in [6, 6.07) is 5.12. The molecule has 0 fully saturated rings. The van der Waals surface area contributed by atoms with E-state index < -0.39 is 0 Å². The zero-order chi connectivity index (χ0) is 13.8. The molecule has 0 amide bonds. The Bertz CT molecular complexity index is 471. The zero-order valence-electron chi connectivity index (χ0n) is 11.5. The number of anilines is 1. The average Bonchev–Trinajstić information content (AvgIpc) is 2.40. The first-order chi connectivity index (χ1) is 9.11. The van der Waals surface area contributed by atoms with Gasteiger partial charge in [-0.05, 0) is 36.6 Å². The minimum Gasteiger partial charge on any atom is -0.380 e. The van der Waals surface area contributed by atoms with Crippen molar-refractivity contribution in [3.8, 4) is 0 Å². The molecule has 0 bridgehead atoms. The number of hydrogen-bond acceptors (Lipinski definition) is 3. The molecule has 2 N–H and O–H groups in total. The molecule has 1 aromatic rings. The molecule has 0 radical (unpaired) electrons. The number of methoxy groups -OCH3 is 1. The molecule has 0 aliphatic carbocycles. The van der Waals surface area contributed by atoms with Crippen molar-refractivity contribution < 1.29 is 9.13 Å². The summed E-state index contributed by atoms with van der Waals surface area (Å²) in [5.41, 5.74) is 8.52. The number of halogens is 1. The van der Waals surface area contributed by atoms with Gasteiger partial charge in [-0.1, -0.05) is 12.1 Å². The lowest BCUT2D eigenvalue weighted by Crippen LogP contribution is -2.30. The minimum absolute atomic E-state index is 0.141. The summed E-state index contributed by atoms with van der Waals surface area (Å²) in [7, 11) is 1.69. The highest BCUT2D eigenvalue weighted by Crippen LogP contribution is 2.25. The van der Waals surface area contributed by atoms with Crippen LogP contribution < -0.4 is 10.6 Å². The van der Waals surface area contributed by atoms with Gasteiger partial charge in [-0.3, -0.25) is 0 Å². The highest BCUT2D eigenvalue weighted by molar-refractivity contribution is 5.51. The van der Waals surface area contributed by atoms with Gasteiger partial charge in [0.1, 0.15) is 5.82 Å². The van der Waals surface area contributed by atoms with Crippen molar-refractivity contribution in [3.63, 3.8) is 0 Å². The van der Waals surface area contributed by atoms with Crippen LogP contribution in [0.1, 0.15) is 24.9 Å². The van der Waals surface area contributed by atoms with Crippen LogP contribution in [0.2, 0.25) is 0 Å². The number of nitrogens with two attached hydrogens (primary N) is 1. The first-order valence-electron chi connectivity index (χ1n) is 6.58. The summed E-state index contributed by atoms with van der Waals surface area (Å²) >= 11 is 0. The largest absolute Gasteiger partial charge is 0.380 e. The lowest BCUT2D eigenvalue weighted by atomic mass is 10.1. The second-order valence-electron chi connectivity index (χ2n) is 4.99. The molecule has 0 aromatic heterocycles. The summed E-state index contributed by atoms with van der Waals surface area (Å²) in [4.78, 5) is 2.04. The van der Waals surface area contributed by atoms with E-state index in [0.717, 1.165) is 25.1 Å². The fraction of sp³-hybridized carbons (Fsp3) is 0.467. The molecule has 0 unspecified atom stereocenters. The van der Waals surface area contributed by atoms with E-state index in [1.54, 1.807) is 7.11 Å². The van der Waals surface area contributed by atoms with E-state index >= 15 is 0 Å². The van der Waals surface area contributed by atoms with Crippen LogP contribution in [0.5, 0.6) is 0 Å². The van der Waals surface area contributed by atoms with E-state index in [-0.39, 0.29) is 11.9 Å². The first kappa shape index (κ1) is 14.0. The second-order valence-corrected chi connectivity index (χ2v) is 4.99. The van der Waals surface area contributed by atoms with E-state index in [2.05, 4.69) is 6.08 Å². The maximum atomic E-state index is 14.1. The monoisotopic (exact) mass is 264 g/mol. The van der Waals surface area contributed by atoms with Crippen LogP contribution in [0.3, 0.4) is 0 Å².